The third kappa shape index (κ3) is 2.42. The molecule has 0 fully saturated rings. The fourth-order valence-electron chi connectivity index (χ4n) is 3.01. The Morgan fingerprint density at radius 2 is 1.88 bits per heavy atom. The van der Waals surface area contributed by atoms with Crippen LogP contribution in [-0.4, -0.2) is 22.7 Å². The number of hydrogen-bond acceptors (Lipinski definition) is 4. The van der Waals surface area contributed by atoms with Gasteiger partial charge in [-0.1, -0.05) is 36.4 Å². The molecule has 6 heteroatoms. The molecule has 3 aromatic rings. The van der Waals surface area contributed by atoms with Gasteiger partial charge in [-0.05, 0) is 12.1 Å². The van der Waals surface area contributed by atoms with Gasteiger partial charge in [-0.15, -0.1) is 0 Å². The third-order valence-electron chi connectivity index (χ3n) is 4.17. The molecule has 1 aromatic heterocycles. The van der Waals surface area contributed by atoms with Gasteiger partial charge in [0.1, 0.15) is 5.75 Å². The molecule has 1 aliphatic heterocycles. The number of ether oxygens (including phenoxy) is 1. The molecule has 1 atom stereocenters. The lowest BCUT2D eigenvalue weighted by Gasteiger charge is -2.26. The maximum atomic E-state index is 12.7. The Bertz CT molecular complexity index is 980. The first-order valence-electron chi connectivity index (χ1n) is 7.74. The zero-order valence-electron chi connectivity index (χ0n) is 12.8. The predicted octanol–water partition coefficient (Wildman–Crippen LogP) is 2.18. The van der Waals surface area contributed by atoms with Crippen molar-refractivity contribution < 1.29 is 9.53 Å². The van der Waals surface area contributed by atoms with Gasteiger partial charge in [0, 0.05) is 17.4 Å². The van der Waals surface area contributed by atoms with Crippen molar-refractivity contribution in [1.29, 1.82) is 0 Å². The molecule has 120 valence electrons. The number of amides is 1. The van der Waals surface area contributed by atoms with E-state index in [9.17, 15) is 9.59 Å². The fraction of sp³-hybridized carbons (Fsp3) is 0.167. The van der Waals surface area contributed by atoms with E-state index < -0.39 is 0 Å². The van der Waals surface area contributed by atoms with Gasteiger partial charge in [-0.25, -0.2) is 5.10 Å². The van der Waals surface area contributed by atoms with E-state index in [1.807, 2.05) is 24.3 Å². The Kier molecular flexibility index (Phi) is 3.49. The van der Waals surface area contributed by atoms with E-state index in [-0.39, 0.29) is 23.2 Å². The number of carbonyl (C=O) groups is 1. The highest BCUT2D eigenvalue weighted by molar-refractivity contribution is 6.04. The highest BCUT2D eigenvalue weighted by Crippen LogP contribution is 2.31. The van der Waals surface area contributed by atoms with E-state index in [1.165, 1.54) is 0 Å². The normalized spacial score (nSPS) is 16.2. The Balaban J connectivity index is 1.69. The van der Waals surface area contributed by atoms with Gasteiger partial charge in [0.05, 0.1) is 18.0 Å². The summed E-state index contributed by atoms with van der Waals surface area (Å²) < 4.78 is 5.61. The maximum absolute atomic E-state index is 12.7. The number of nitrogens with one attached hydrogen (secondary N) is 2. The lowest BCUT2D eigenvalue weighted by Crippen LogP contribution is -2.33. The topological polar surface area (TPSA) is 84.1 Å². The summed E-state index contributed by atoms with van der Waals surface area (Å²) in [6.45, 7) is 0.543. The number of H-pyrrole nitrogens is 1. The van der Waals surface area contributed by atoms with Gasteiger partial charge in [0.25, 0.3) is 11.5 Å². The molecule has 4 rings (SSSR count). The molecule has 0 aliphatic carbocycles. The van der Waals surface area contributed by atoms with Crippen molar-refractivity contribution in [3.05, 3.63) is 70.1 Å². The summed E-state index contributed by atoms with van der Waals surface area (Å²) in [6, 6.07) is 14.5. The maximum Gasteiger partial charge on any atom is 0.272 e. The summed E-state index contributed by atoms with van der Waals surface area (Å²) in [7, 11) is 0. The highest BCUT2D eigenvalue weighted by Gasteiger charge is 2.24. The second kappa shape index (κ2) is 5.81. The van der Waals surface area contributed by atoms with Crippen LogP contribution in [0.1, 0.15) is 28.5 Å². The number of benzene rings is 2. The van der Waals surface area contributed by atoms with Crippen LogP contribution < -0.4 is 15.6 Å². The summed E-state index contributed by atoms with van der Waals surface area (Å²) in [4.78, 5) is 24.6. The summed E-state index contributed by atoms with van der Waals surface area (Å²) in [6.07, 6.45) is 0.685. The van der Waals surface area contributed by atoms with Gasteiger partial charge in [0.2, 0.25) is 0 Å². The van der Waals surface area contributed by atoms with Crippen LogP contribution in [-0.2, 0) is 0 Å². The van der Waals surface area contributed by atoms with Gasteiger partial charge in [-0.2, -0.15) is 5.10 Å². The Labute approximate surface area is 137 Å². The van der Waals surface area contributed by atoms with Crippen molar-refractivity contribution in [2.75, 3.05) is 6.61 Å². The number of nitrogens with zero attached hydrogens (tertiary/aromatic N) is 1. The van der Waals surface area contributed by atoms with Gasteiger partial charge >= 0.3 is 0 Å². The summed E-state index contributed by atoms with van der Waals surface area (Å²) in [5.74, 6) is 0.470. The third-order valence-corrected chi connectivity index (χ3v) is 4.17. The van der Waals surface area contributed by atoms with Crippen molar-refractivity contribution in [3.63, 3.8) is 0 Å². The van der Waals surface area contributed by atoms with Gasteiger partial charge < -0.3 is 10.1 Å². The predicted molar refractivity (Wildman–Crippen MR) is 89.1 cm³/mol. The molecule has 0 spiro atoms. The van der Waals surface area contributed by atoms with Crippen LogP contribution in [0.15, 0.2) is 53.3 Å². The molecule has 2 N–H and O–H groups in total. The molecule has 1 unspecified atom stereocenters. The quantitative estimate of drug-likeness (QED) is 0.758. The minimum absolute atomic E-state index is 0.144. The molecule has 0 saturated carbocycles. The minimum atomic E-state index is -0.316. The molecule has 1 aliphatic rings. The first kappa shape index (κ1) is 14.4. The summed E-state index contributed by atoms with van der Waals surface area (Å²) in [5, 5.41) is 10.3. The number of hydrogen-bond donors (Lipinski definition) is 2. The zero-order valence-corrected chi connectivity index (χ0v) is 12.8. The Hall–Kier alpha value is -3.15. The van der Waals surface area contributed by atoms with E-state index in [0.717, 1.165) is 11.3 Å². The van der Waals surface area contributed by atoms with Crippen molar-refractivity contribution in [2.24, 2.45) is 0 Å². The van der Waals surface area contributed by atoms with Crippen molar-refractivity contribution >= 4 is 16.7 Å². The SMILES string of the molecule is O=C(NC1CCOc2ccccc21)c1n[nH]c(=O)c2ccccc12. The van der Waals surface area contributed by atoms with Gasteiger partial charge in [-0.3, -0.25) is 9.59 Å². The monoisotopic (exact) mass is 321 g/mol. The smallest absolute Gasteiger partial charge is 0.272 e. The average molecular weight is 321 g/mol. The molecule has 2 heterocycles. The molecule has 0 radical (unpaired) electrons. The van der Waals surface area contributed by atoms with Crippen molar-refractivity contribution in [2.45, 2.75) is 12.5 Å². The number of carbonyl (C=O) groups excluding carboxylic acids is 1. The highest BCUT2D eigenvalue weighted by atomic mass is 16.5. The lowest BCUT2D eigenvalue weighted by atomic mass is 10.00. The van der Waals surface area contributed by atoms with Gasteiger partial charge in [0.15, 0.2) is 5.69 Å². The fourth-order valence-corrected chi connectivity index (χ4v) is 3.01. The van der Waals surface area contributed by atoms with Crippen LogP contribution in [0.5, 0.6) is 5.75 Å². The molecule has 0 saturated heterocycles. The average Bonchev–Trinajstić information content (AvgIpc) is 2.62. The number of rotatable bonds is 2. The van der Waals surface area contributed by atoms with Crippen LogP contribution in [0.4, 0.5) is 0 Å². The number of aromatic nitrogens is 2. The van der Waals surface area contributed by atoms with Crippen molar-refractivity contribution in [3.8, 4) is 5.75 Å². The molecule has 6 nitrogen and oxygen atoms in total. The molecular formula is C18H15N3O3. The second-order valence-electron chi connectivity index (χ2n) is 5.65. The molecular weight excluding hydrogens is 306 g/mol. The van der Waals surface area contributed by atoms with E-state index in [2.05, 4.69) is 15.5 Å². The zero-order chi connectivity index (χ0) is 16.5. The largest absolute Gasteiger partial charge is 0.493 e. The number of para-hydroxylation sites is 1. The number of fused-ring (bicyclic) bond motifs is 2. The van der Waals surface area contributed by atoms with E-state index in [0.29, 0.717) is 23.8 Å². The van der Waals surface area contributed by atoms with E-state index in [4.69, 9.17) is 4.74 Å². The Morgan fingerprint density at radius 1 is 1.12 bits per heavy atom. The van der Waals surface area contributed by atoms with E-state index in [1.54, 1.807) is 24.3 Å². The lowest BCUT2D eigenvalue weighted by molar-refractivity contribution is 0.0920. The molecule has 0 bridgehead atoms. The second-order valence-corrected chi connectivity index (χ2v) is 5.65. The van der Waals surface area contributed by atoms with Crippen LogP contribution in [0.2, 0.25) is 0 Å². The van der Waals surface area contributed by atoms with Crippen molar-refractivity contribution in [1.82, 2.24) is 15.5 Å². The first-order valence-corrected chi connectivity index (χ1v) is 7.74. The summed E-state index contributed by atoms with van der Waals surface area (Å²) in [5.41, 5.74) is 0.860. The first-order chi connectivity index (χ1) is 11.7. The number of aromatic amines is 1. The molecule has 1 amide bonds. The standard InChI is InChI=1S/C18H15N3O3/c22-17-12-6-2-1-5-11(12)16(20-21-17)18(23)19-14-9-10-24-15-8-4-3-7-13(14)15/h1-8,14H,9-10H2,(H,19,23)(H,21,22). The summed E-state index contributed by atoms with van der Waals surface area (Å²) >= 11 is 0. The van der Waals surface area contributed by atoms with E-state index >= 15 is 0 Å². The molecule has 2 aromatic carbocycles. The minimum Gasteiger partial charge on any atom is -0.493 e. The van der Waals surface area contributed by atoms with Crippen LogP contribution in [0, 0.1) is 0 Å². The van der Waals surface area contributed by atoms with Crippen LogP contribution in [0.3, 0.4) is 0 Å². The Morgan fingerprint density at radius 3 is 2.75 bits per heavy atom. The van der Waals surface area contributed by atoms with Crippen LogP contribution >= 0.6 is 0 Å². The molecule has 24 heavy (non-hydrogen) atoms. The van der Waals surface area contributed by atoms with Crippen LogP contribution in [0.25, 0.3) is 10.8 Å².